The van der Waals surface area contributed by atoms with Gasteiger partial charge in [0.1, 0.15) is 6.04 Å². The van der Waals surface area contributed by atoms with Gasteiger partial charge in [0.2, 0.25) is 10.0 Å². The molecule has 7 heteroatoms. The van der Waals surface area contributed by atoms with Crippen molar-refractivity contribution in [1.82, 2.24) is 4.31 Å². The number of benzene rings is 2. The maximum atomic E-state index is 12.8. The molecule has 128 valence electrons. The van der Waals surface area contributed by atoms with Gasteiger partial charge in [0.25, 0.3) is 0 Å². The summed E-state index contributed by atoms with van der Waals surface area (Å²) in [4.78, 5) is 11.7. The minimum atomic E-state index is -4.01. The van der Waals surface area contributed by atoms with E-state index in [0.29, 0.717) is 0 Å². The molecule has 2 aromatic carbocycles. The molecule has 0 heterocycles. The van der Waals surface area contributed by atoms with Crippen LogP contribution in [0.3, 0.4) is 0 Å². The largest absolute Gasteiger partial charge is 0.480 e. The van der Waals surface area contributed by atoms with Gasteiger partial charge in [-0.25, -0.2) is 8.42 Å². The van der Waals surface area contributed by atoms with E-state index in [1.54, 1.807) is 36.4 Å². The molecule has 0 aliphatic heterocycles. The third-order valence-corrected chi connectivity index (χ3v) is 5.92. The van der Waals surface area contributed by atoms with Crippen molar-refractivity contribution >= 4 is 27.6 Å². The first kappa shape index (κ1) is 18.4. The average molecular weight is 368 g/mol. The lowest BCUT2D eigenvalue weighted by Gasteiger charge is -2.26. The topological polar surface area (TPSA) is 74.7 Å². The predicted molar refractivity (Wildman–Crippen MR) is 92.5 cm³/mol. The maximum absolute atomic E-state index is 12.8. The van der Waals surface area contributed by atoms with Gasteiger partial charge in [-0.3, -0.25) is 4.79 Å². The second kappa shape index (κ2) is 7.79. The zero-order valence-electron chi connectivity index (χ0n) is 13.1. The van der Waals surface area contributed by atoms with Gasteiger partial charge in [-0.05, 0) is 31.0 Å². The number of aliphatic carboxylic acids is 1. The van der Waals surface area contributed by atoms with Gasteiger partial charge in [0.05, 0.1) is 10.9 Å². The normalized spacial score (nSPS) is 13.0. The molecule has 0 fully saturated rings. The molecular weight excluding hydrogens is 350 g/mol. The van der Waals surface area contributed by atoms with Crippen LogP contribution in [0.15, 0.2) is 59.5 Å². The average Bonchev–Trinajstić information content (AvgIpc) is 2.55. The zero-order chi connectivity index (χ0) is 17.7. The molecule has 0 aromatic heterocycles. The van der Waals surface area contributed by atoms with Crippen molar-refractivity contribution in [2.75, 3.05) is 6.00 Å². The van der Waals surface area contributed by atoms with Crippen LogP contribution in [-0.4, -0.2) is 35.8 Å². The van der Waals surface area contributed by atoms with Gasteiger partial charge >= 0.3 is 5.97 Å². The molecule has 0 saturated heterocycles. The van der Waals surface area contributed by atoms with E-state index in [1.807, 2.05) is 13.0 Å². The molecule has 2 rings (SSSR count). The lowest BCUT2D eigenvalue weighted by atomic mass is 10.1. The number of hydrogen-bond donors (Lipinski definition) is 1. The van der Waals surface area contributed by atoms with Crippen molar-refractivity contribution in [2.24, 2.45) is 0 Å². The summed E-state index contributed by atoms with van der Waals surface area (Å²) in [5, 5.41) is 9.53. The van der Waals surface area contributed by atoms with Gasteiger partial charge in [0.15, 0.2) is 0 Å². The summed E-state index contributed by atoms with van der Waals surface area (Å²) in [7, 11) is -4.01. The number of carbonyl (C=O) groups is 1. The van der Waals surface area contributed by atoms with E-state index in [2.05, 4.69) is 0 Å². The van der Waals surface area contributed by atoms with E-state index >= 15 is 0 Å². The number of hydrogen-bond acceptors (Lipinski definition) is 3. The minimum Gasteiger partial charge on any atom is -0.480 e. The van der Waals surface area contributed by atoms with Gasteiger partial charge in [-0.15, -0.1) is 11.6 Å². The van der Waals surface area contributed by atoms with Crippen LogP contribution < -0.4 is 0 Å². The number of aryl methyl sites for hydroxylation is 1. The van der Waals surface area contributed by atoms with Crippen LogP contribution in [0.1, 0.15) is 11.1 Å². The Labute approximate surface area is 146 Å². The van der Waals surface area contributed by atoms with E-state index in [0.717, 1.165) is 15.4 Å². The second-order valence-electron chi connectivity index (χ2n) is 5.37. The number of sulfonamides is 1. The molecule has 0 saturated carbocycles. The summed E-state index contributed by atoms with van der Waals surface area (Å²) in [6.07, 6.45) is 0.0357. The molecule has 24 heavy (non-hydrogen) atoms. The van der Waals surface area contributed by atoms with Crippen LogP contribution >= 0.6 is 11.6 Å². The highest BCUT2D eigenvalue weighted by Gasteiger charge is 2.35. The first-order valence-electron chi connectivity index (χ1n) is 7.27. The summed E-state index contributed by atoms with van der Waals surface area (Å²) in [5.74, 6) is -1.24. The van der Waals surface area contributed by atoms with Crippen LogP contribution in [0, 0.1) is 6.92 Å². The van der Waals surface area contributed by atoms with E-state index in [4.69, 9.17) is 11.6 Å². The Bertz CT molecular complexity index is 791. The predicted octanol–water partition coefficient (Wildman–Crippen LogP) is 2.88. The smallest absolute Gasteiger partial charge is 0.322 e. The second-order valence-corrected chi connectivity index (χ2v) is 7.50. The van der Waals surface area contributed by atoms with E-state index in [9.17, 15) is 18.3 Å². The lowest BCUT2D eigenvalue weighted by molar-refractivity contribution is -0.141. The fraction of sp³-hybridized carbons (Fsp3) is 0.235. The Hall–Kier alpha value is -1.89. The van der Waals surface area contributed by atoms with Crippen molar-refractivity contribution in [1.29, 1.82) is 0 Å². The highest BCUT2D eigenvalue weighted by Crippen LogP contribution is 2.22. The molecule has 0 aliphatic carbocycles. The molecule has 0 spiro atoms. The fourth-order valence-electron chi connectivity index (χ4n) is 2.31. The number of alkyl halides is 1. The van der Waals surface area contributed by atoms with Crippen LogP contribution in [0.2, 0.25) is 0 Å². The SMILES string of the molecule is Cc1ccc(S(=O)(=O)N(CCl)[C@@H](Cc2ccccc2)C(=O)O)cc1. The number of carboxylic acids is 1. The Balaban J connectivity index is 2.38. The third-order valence-electron chi connectivity index (χ3n) is 3.65. The molecule has 5 nitrogen and oxygen atoms in total. The summed E-state index contributed by atoms with van der Waals surface area (Å²) in [6, 6.07) is 13.3. The Kier molecular flexibility index (Phi) is 5.99. The number of nitrogens with zero attached hydrogens (tertiary/aromatic N) is 1. The summed E-state index contributed by atoms with van der Waals surface area (Å²) >= 11 is 5.82. The fourth-order valence-corrected chi connectivity index (χ4v) is 4.24. The zero-order valence-corrected chi connectivity index (χ0v) is 14.7. The quantitative estimate of drug-likeness (QED) is 0.603. The van der Waals surface area contributed by atoms with Crippen molar-refractivity contribution in [3.05, 3.63) is 65.7 Å². The van der Waals surface area contributed by atoms with Gasteiger partial charge in [-0.1, -0.05) is 48.0 Å². The van der Waals surface area contributed by atoms with E-state index < -0.39 is 28.0 Å². The number of rotatable bonds is 7. The Morgan fingerprint density at radius 1 is 1.12 bits per heavy atom. The summed E-state index contributed by atoms with van der Waals surface area (Å²) < 4.78 is 26.4. The molecule has 1 N–H and O–H groups in total. The van der Waals surface area contributed by atoms with Crippen LogP contribution in [0.25, 0.3) is 0 Å². The molecule has 1 atom stereocenters. The first-order valence-corrected chi connectivity index (χ1v) is 9.25. The van der Waals surface area contributed by atoms with E-state index in [-0.39, 0.29) is 11.3 Å². The van der Waals surface area contributed by atoms with Gasteiger partial charge < -0.3 is 5.11 Å². The van der Waals surface area contributed by atoms with Crippen molar-refractivity contribution in [2.45, 2.75) is 24.3 Å². The van der Waals surface area contributed by atoms with Gasteiger partial charge in [-0.2, -0.15) is 4.31 Å². The van der Waals surface area contributed by atoms with Crippen LogP contribution in [0.4, 0.5) is 0 Å². The number of halogens is 1. The molecule has 0 radical (unpaired) electrons. The molecular formula is C17H18ClNO4S. The van der Waals surface area contributed by atoms with Crippen LogP contribution in [-0.2, 0) is 21.2 Å². The minimum absolute atomic E-state index is 0.0214. The standard InChI is InChI=1S/C17H18ClNO4S/c1-13-7-9-15(10-8-13)24(22,23)19(12-18)16(17(20)21)11-14-5-3-2-4-6-14/h2-10,16H,11-12H2,1H3,(H,20,21)/t16-/m0/s1. The highest BCUT2D eigenvalue weighted by atomic mass is 35.5. The monoisotopic (exact) mass is 367 g/mol. The highest BCUT2D eigenvalue weighted by molar-refractivity contribution is 7.89. The van der Waals surface area contributed by atoms with E-state index in [1.165, 1.54) is 12.1 Å². The summed E-state index contributed by atoms with van der Waals surface area (Å²) in [5.41, 5.74) is 1.63. The Morgan fingerprint density at radius 2 is 1.71 bits per heavy atom. The van der Waals surface area contributed by atoms with Crippen molar-refractivity contribution < 1.29 is 18.3 Å². The number of carboxylic acid groups (broad SMARTS) is 1. The lowest BCUT2D eigenvalue weighted by Crippen LogP contribution is -2.45. The summed E-state index contributed by atoms with van der Waals surface area (Å²) in [6.45, 7) is 1.84. The van der Waals surface area contributed by atoms with Crippen LogP contribution in [0.5, 0.6) is 0 Å². The molecule has 2 aromatic rings. The molecule has 0 bridgehead atoms. The van der Waals surface area contributed by atoms with Crippen molar-refractivity contribution in [3.8, 4) is 0 Å². The van der Waals surface area contributed by atoms with Gasteiger partial charge in [0, 0.05) is 0 Å². The molecule has 0 unspecified atom stereocenters. The maximum Gasteiger partial charge on any atom is 0.322 e. The molecule has 0 amide bonds. The Morgan fingerprint density at radius 3 is 2.21 bits per heavy atom. The first-order chi connectivity index (χ1) is 11.4. The van der Waals surface area contributed by atoms with Crippen molar-refractivity contribution in [3.63, 3.8) is 0 Å². The third kappa shape index (κ3) is 4.14. The molecule has 0 aliphatic rings.